The van der Waals surface area contributed by atoms with E-state index in [2.05, 4.69) is 5.32 Å². The molecule has 46 valence electrons. The summed E-state index contributed by atoms with van der Waals surface area (Å²) in [5.41, 5.74) is 0. The van der Waals surface area contributed by atoms with Gasteiger partial charge in [-0.3, -0.25) is 0 Å². The van der Waals surface area contributed by atoms with Crippen molar-refractivity contribution in [3.8, 4) is 0 Å². The van der Waals surface area contributed by atoms with Crippen molar-refractivity contribution in [3.63, 3.8) is 0 Å². The van der Waals surface area contributed by atoms with E-state index in [0.717, 1.165) is 0 Å². The first-order valence-electron chi connectivity index (χ1n) is 2.85. The molecule has 1 N–H and O–H groups in total. The number of nitrogens with one attached hydrogen (secondary N) is 1. The fourth-order valence-electron chi connectivity index (χ4n) is 0.722. The maximum Gasteiger partial charge on any atom is 0.131 e. The molecule has 0 aromatic heterocycles. The molecule has 2 heteroatoms. The van der Waals surface area contributed by atoms with E-state index in [-0.39, 0.29) is 0 Å². The number of hydrogen-bond acceptors (Lipinski definition) is 1. The van der Waals surface area contributed by atoms with Gasteiger partial charge < -0.3 is 5.32 Å². The summed E-state index contributed by atoms with van der Waals surface area (Å²) in [6.45, 7) is 2.47. The summed E-state index contributed by atoms with van der Waals surface area (Å²) in [6.07, 6.45) is 2.67. The van der Waals surface area contributed by atoms with Crippen LogP contribution in [0.3, 0.4) is 0 Å². The quantitative estimate of drug-likeness (QED) is 0.462. The second-order valence-electron chi connectivity index (χ2n) is 2.10. The number of halogens is 1. The van der Waals surface area contributed by atoms with Gasteiger partial charge in [-0.05, 0) is 6.92 Å². The zero-order valence-electron chi connectivity index (χ0n) is 4.89. The van der Waals surface area contributed by atoms with E-state index in [1.807, 2.05) is 13.0 Å². The highest BCUT2D eigenvalue weighted by Crippen LogP contribution is 1.99. The van der Waals surface area contributed by atoms with E-state index in [1.165, 1.54) is 0 Å². The number of alkyl halides is 1. The Hall–Kier alpha value is -0.370. The first-order valence-corrected chi connectivity index (χ1v) is 2.85. The molecule has 0 bridgehead atoms. The topological polar surface area (TPSA) is 12.0 Å². The molecule has 0 spiro atoms. The van der Waals surface area contributed by atoms with E-state index < -0.39 is 6.17 Å². The third kappa shape index (κ3) is 1.30. The Labute approximate surface area is 48.6 Å². The molecule has 1 nitrogen and oxygen atoms in total. The van der Waals surface area contributed by atoms with Gasteiger partial charge in [-0.15, -0.1) is 0 Å². The molecule has 1 aliphatic rings. The van der Waals surface area contributed by atoms with Crippen LogP contribution in [-0.2, 0) is 0 Å². The van der Waals surface area contributed by atoms with E-state index in [4.69, 9.17) is 0 Å². The molecule has 0 aromatic rings. The zero-order chi connectivity index (χ0) is 5.98. The van der Waals surface area contributed by atoms with Crippen molar-refractivity contribution in [3.05, 3.63) is 12.2 Å². The lowest BCUT2D eigenvalue weighted by Crippen LogP contribution is -2.33. The lowest BCUT2D eigenvalue weighted by atomic mass is 10.2. The van der Waals surface area contributed by atoms with Crippen molar-refractivity contribution in [2.75, 3.05) is 6.54 Å². The highest BCUT2D eigenvalue weighted by atomic mass is 19.1. The molecule has 2 atom stereocenters. The Bertz CT molecular complexity index is 88.7. The highest BCUT2D eigenvalue weighted by molar-refractivity contribution is 5.00. The van der Waals surface area contributed by atoms with Crippen LogP contribution in [0.25, 0.3) is 0 Å². The number of hydrogen-bond donors (Lipinski definition) is 1. The van der Waals surface area contributed by atoms with E-state index >= 15 is 0 Å². The van der Waals surface area contributed by atoms with Crippen molar-refractivity contribution in [1.82, 2.24) is 5.32 Å². The number of rotatable bonds is 0. The van der Waals surface area contributed by atoms with Crippen LogP contribution in [0.15, 0.2) is 12.2 Å². The molecular weight excluding hydrogens is 105 g/mol. The fraction of sp³-hybridized carbons (Fsp3) is 0.667. The Morgan fingerprint density at radius 3 is 2.75 bits per heavy atom. The van der Waals surface area contributed by atoms with Crippen LogP contribution in [0.2, 0.25) is 0 Å². The maximum atomic E-state index is 12.2. The molecule has 0 fully saturated rings. The van der Waals surface area contributed by atoms with Crippen molar-refractivity contribution >= 4 is 0 Å². The summed E-state index contributed by atoms with van der Waals surface area (Å²) in [5.74, 6) is 0. The zero-order valence-corrected chi connectivity index (χ0v) is 4.89. The van der Waals surface area contributed by atoms with Gasteiger partial charge >= 0.3 is 0 Å². The van der Waals surface area contributed by atoms with Gasteiger partial charge in [-0.25, -0.2) is 4.39 Å². The monoisotopic (exact) mass is 115 g/mol. The van der Waals surface area contributed by atoms with Gasteiger partial charge in [0.25, 0.3) is 0 Å². The molecule has 0 aromatic carbocycles. The molecule has 0 aliphatic carbocycles. The minimum absolute atomic E-state index is 0.349. The van der Waals surface area contributed by atoms with Crippen molar-refractivity contribution in [2.45, 2.75) is 19.1 Å². The van der Waals surface area contributed by atoms with Crippen LogP contribution in [0, 0.1) is 0 Å². The summed E-state index contributed by atoms with van der Waals surface area (Å²) in [4.78, 5) is 0. The lowest BCUT2D eigenvalue weighted by molar-refractivity contribution is 0.359. The first-order chi connectivity index (χ1) is 3.79. The van der Waals surface area contributed by atoms with Gasteiger partial charge in [-0.2, -0.15) is 0 Å². The van der Waals surface area contributed by atoms with Crippen LogP contribution >= 0.6 is 0 Å². The van der Waals surface area contributed by atoms with Crippen LogP contribution in [0.1, 0.15) is 6.92 Å². The minimum Gasteiger partial charge on any atom is -0.308 e. The van der Waals surface area contributed by atoms with Gasteiger partial charge in [0, 0.05) is 12.6 Å². The lowest BCUT2D eigenvalue weighted by Gasteiger charge is -2.15. The van der Waals surface area contributed by atoms with Crippen LogP contribution < -0.4 is 5.32 Å². The largest absolute Gasteiger partial charge is 0.308 e. The predicted octanol–water partition coefficient (Wildman–Crippen LogP) is 0.872. The van der Waals surface area contributed by atoms with E-state index in [0.29, 0.717) is 12.6 Å². The second kappa shape index (κ2) is 2.27. The van der Waals surface area contributed by atoms with Gasteiger partial charge in [0.1, 0.15) is 6.17 Å². The molecule has 1 heterocycles. The molecule has 2 unspecified atom stereocenters. The average molecular weight is 115 g/mol. The summed E-state index contributed by atoms with van der Waals surface area (Å²) in [7, 11) is 0. The third-order valence-corrected chi connectivity index (χ3v) is 1.24. The van der Waals surface area contributed by atoms with E-state index in [1.54, 1.807) is 6.08 Å². The summed E-state index contributed by atoms with van der Waals surface area (Å²) in [5, 5.41) is 2.97. The van der Waals surface area contributed by atoms with Gasteiger partial charge in [-0.1, -0.05) is 12.2 Å². The molecular formula is C6H10FN. The first kappa shape index (κ1) is 5.76. The Balaban J connectivity index is 2.42. The predicted molar refractivity (Wildman–Crippen MR) is 31.5 cm³/mol. The molecule has 0 amide bonds. The summed E-state index contributed by atoms with van der Waals surface area (Å²) < 4.78 is 12.2. The normalized spacial score (nSPS) is 37.8. The van der Waals surface area contributed by atoms with Gasteiger partial charge in [0.15, 0.2) is 0 Å². The minimum atomic E-state index is -0.772. The smallest absolute Gasteiger partial charge is 0.131 e. The molecule has 0 saturated carbocycles. The Kier molecular flexibility index (Phi) is 1.63. The van der Waals surface area contributed by atoms with Crippen LogP contribution in [0.5, 0.6) is 0 Å². The van der Waals surface area contributed by atoms with E-state index in [9.17, 15) is 4.39 Å². The maximum absolute atomic E-state index is 12.2. The van der Waals surface area contributed by atoms with Gasteiger partial charge in [0.2, 0.25) is 0 Å². The molecule has 0 saturated heterocycles. The molecule has 0 radical (unpaired) electrons. The highest BCUT2D eigenvalue weighted by Gasteiger charge is 2.08. The van der Waals surface area contributed by atoms with Crippen molar-refractivity contribution in [1.29, 1.82) is 0 Å². The molecule has 8 heavy (non-hydrogen) atoms. The average Bonchev–Trinajstić information content (AvgIpc) is 1.77. The molecule has 1 rings (SSSR count). The second-order valence-corrected chi connectivity index (χ2v) is 2.10. The fourth-order valence-corrected chi connectivity index (χ4v) is 0.722. The van der Waals surface area contributed by atoms with Gasteiger partial charge in [0.05, 0.1) is 0 Å². The summed E-state index contributed by atoms with van der Waals surface area (Å²) >= 11 is 0. The Morgan fingerprint density at radius 2 is 2.38 bits per heavy atom. The standard InChI is InChI=1S/C6H10FN/c1-5-2-3-6(7)4-8-5/h2-3,5-6,8H,4H2,1H3. The Morgan fingerprint density at radius 1 is 1.62 bits per heavy atom. The SMILES string of the molecule is CC1C=CC(F)CN1. The van der Waals surface area contributed by atoms with Crippen molar-refractivity contribution < 1.29 is 4.39 Å². The van der Waals surface area contributed by atoms with Crippen LogP contribution in [0.4, 0.5) is 4.39 Å². The van der Waals surface area contributed by atoms with Crippen molar-refractivity contribution in [2.24, 2.45) is 0 Å². The summed E-state index contributed by atoms with van der Waals surface area (Å²) in [6, 6.07) is 0.349. The third-order valence-electron chi connectivity index (χ3n) is 1.24. The van der Waals surface area contributed by atoms with Crippen LogP contribution in [-0.4, -0.2) is 18.8 Å². The molecule has 1 aliphatic heterocycles.